The second kappa shape index (κ2) is 5.95. The minimum atomic E-state index is -0.722. The molecule has 2 aromatic carbocycles. The van der Waals surface area contributed by atoms with Crippen LogP contribution in [0.2, 0.25) is 0 Å². The molecule has 0 radical (unpaired) electrons. The minimum Gasteiger partial charge on any atom is -0.507 e. The Balaban J connectivity index is 2.32. The molecule has 2 aromatic rings. The van der Waals surface area contributed by atoms with E-state index in [9.17, 15) is 14.3 Å². The number of benzene rings is 2. The molecular formula is C17H17FO3. The monoisotopic (exact) mass is 288 g/mol. The van der Waals surface area contributed by atoms with Crippen LogP contribution in [0.5, 0.6) is 11.5 Å². The molecule has 0 atom stereocenters. The third-order valence-electron chi connectivity index (χ3n) is 2.93. The fourth-order valence-electron chi connectivity index (χ4n) is 2.05. The molecule has 0 bridgehead atoms. The highest BCUT2D eigenvalue weighted by molar-refractivity contribution is 6.10. The number of phenols is 1. The van der Waals surface area contributed by atoms with E-state index in [1.54, 1.807) is 31.2 Å². The Morgan fingerprint density at radius 1 is 1.19 bits per heavy atom. The smallest absolute Gasteiger partial charge is 0.199 e. The SMILES string of the molecule is Cc1cc(O)c(C(=O)c2ccc(OC(C)C)cc2)c(F)c1. The van der Waals surface area contributed by atoms with Crippen molar-refractivity contribution < 1.29 is 19.0 Å². The molecule has 2 rings (SSSR count). The van der Waals surface area contributed by atoms with E-state index < -0.39 is 11.6 Å². The lowest BCUT2D eigenvalue weighted by atomic mass is 10.0. The highest BCUT2D eigenvalue weighted by Crippen LogP contribution is 2.26. The normalized spacial score (nSPS) is 10.7. The van der Waals surface area contributed by atoms with Crippen LogP contribution in [0, 0.1) is 12.7 Å². The molecular weight excluding hydrogens is 271 g/mol. The molecule has 0 heterocycles. The predicted octanol–water partition coefficient (Wildman–Crippen LogP) is 3.86. The van der Waals surface area contributed by atoms with Crippen molar-refractivity contribution >= 4 is 5.78 Å². The molecule has 0 aliphatic rings. The first-order valence-electron chi connectivity index (χ1n) is 6.69. The molecule has 0 saturated carbocycles. The summed E-state index contributed by atoms with van der Waals surface area (Å²) in [5.74, 6) is -0.990. The average molecular weight is 288 g/mol. The van der Waals surface area contributed by atoms with Gasteiger partial charge in [0.1, 0.15) is 17.3 Å². The van der Waals surface area contributed by atoms with Gasteiger partial charge < -0.3 is 9.84 Å². The van der Waals surface area contributed by atoms with E-state index in [1.165, 1.54) is 12.1 Å². The molecule has 0 aliphatic carbocycles. The molecule has 0 saturated heterocycles. The van der Waals surface area contributed by atoms with Gasteiger partial charge in [0.05, 0.1) is 11.7 Å². The fraction of sp³-hybridized carbons (Fsp3) is 0.235. The summed E-state index contributed by atoms with van der Waals surface area (Å²) < 4.78 is 19.4. The first-order chi connectivity index (χ1) is 9.88. The van der Waals surface area contributed by atoms with Crippen molar-refractivity contribution in [3.05, 3.63) is 58.9 Å². The van der Waals surface area contributed by atoms with Gasteiger partial charge in [-0.05, 0) is 62.7 Å². The van der Waals surface area contributed by atoms with Crippen LogP contribution >= 0.6 is 0 Å². The topological polar surface area (TPSA) is 46.5 Å². The number of hydrogen-bond donors (Lipinski definition) is 1. The lowest BCUT2D eigenvalue weighted by Crippen LogP contribution is -2.07. The maximum absolute atomic E-state index is 13.9. The number of ketones is 1. The summed E-state index contributed by atoms with van der Waals surface area (Å²) in [4.78, 5) is 12.3. The molecule has 0 unspecified atom stereocenters. The first-order valence-corrected chi connectivity index (χ1v) is 6.69. The molecule has 0 fully saturated rings. The number of aryl methyl sites for hydroxylation is 1. The van der Waals surface area contributed by atoms with Crippen LogP contribution in [-0.2, 0) is 0 Å². The average Bonchev–Trinajstić information content (AvgIpc) is 2.37. The minimum absolute atomic E-state index is 0.0325. The number of halogens is 1. The van der Waals surface area contributed by atoms with Gasteiger partial charge in [0.25, 0.3) is 0 Å². The van der Waals surface area contributed by atoms with E-state index in [4.69, 9.17) is 4.74 Å². The summed E-state index contributed by atoms with van der Waals surface area (Å²) in [6.07, 6.45) is 0.0325. The van der Waals surface area contributed by atoms with Gasteiger partial charge in [-0.3, -0.25) is 4.79 Å². The number of ether oxygens (including phenoxy) is 1. The Morgan fingerprint density at radius 3 is 2.33 bits per heavy atom. The number of aromatic hydroxyl groups is 1. The van der Waals surface area contributed by atoms with Crippen LogP contribution in [0.25, 0.3) is 0 Å². The Hall–Kier alpha value is -2.36. The standard InChI is InChI=1S/C17H17FO3/c1-10(2)21-13-6-4-12(5-7-13)17(20)16-14(18)8-11(3)9-15(16)19/h4-10,19H,1-3H3. The Kier molecular flexibility index (Phi) is 4.26. The zero-order valence-electron chi connectivity index (χ0n) is 12.2. The number of hydrogen-bond acceptors (Lipinski definition) is 3. The summed E-state index contributed by atoms with van der Waals surface area (Å²) in [5, 5.41) is 9.79. The third-order valence-corrected chi connectivity index (χ3v) is 2.93. The molecule has 0 aromatic heterocycles. The zero-order chi connectivity index (χ0) is 15.6. The maximum Gasteiger partial charge on any atom is 0.199 e. The fourth-order valence-corrected chi connectivity index (χ4v) is 2.05. The quantitative estimate of drug-likeness (QED) is 0.869. The van der Waals surface area contributed by atoms with Gasteiger partial charge in [0, 0.05) is 5.56 Å². The number of rotatable bonds is 4. The summed E-state index contributed by atoms with van der Waals surface area (Å²) in [7, 11) is 0. The van der Waals surface area contributed by atoms with Crippen LogP contribution in [-0.4, -0.2) is 17.0 Å². The highest BCUT2D eigenvalue weighted by atomic mass is 19.1. The number of phenolic OH excluding ortho intramolecular Hbond substituents is 1. The predicted molar refractivity (Wildman–Crippen MR) is 78.4 cm³/mol. The molecule has 0 amide bonds. The van der Waals surface area contributed by atoms with Crippen LogP contribution in [0.1, 0.15) is 35.3 Å². The van der Waals surface area contributed by atoms with E-state index in [0.717, 1.165) is 0 Å². The van der Waals surface area contributed by atoms with Crippen molar-refractivity contribution in [3.8, 4) is 11.5 Å². The van der Waals surface area contributed by atoms with Crippen molar-refractivity contribution in [2.75, 3.05) is 0 Å². The zero-order valence-corrected chi connectivity index (χ0v) is 12.2. The lowest BCUT2D eigenvalue weighted by molar-refractivity contribution is 0.103. The Labute approximate surface area is 123 Å². The van der Waals surface area contributed by atoms with E-state index in [2.05, 4.69) is 0 Å². The third kappa shape index (κ3) is 3.40. The number of carbonyl (C=O) groups excluding carboxylic acids is 1. The van der Waals surface area contributed by atoms with Gasteiger partial charge in [-0.25, -0.2) is 4.39 Å². The van der Waals surface area contributed by atoms with Crippen molar-refractivity contribution in [3.63, 3.8) is 0 Å². The van der Waals surface area contributed by atoms with E-state index in [-0.39, 0.29) is 17.4 Å². The molecule has 0 spiro atoms. The highest BCUT2D eigenvalue weighted by Gasteiger charge is 2.19. The van der Waals surface area contributed by atoms with Crippen molar-refractivity contribution in [1.82, 2.24) is 0 Å². The Morgan fingerprint density at radius 2 is 1.81 bits per heavy atom. The maximum atomic E-state index is 13.9. The lowest BCUT2D eigenvalue weighted by Gasteiger charge is -2.10. The number of carbonyl (C=O) groups is 1. The van der Waals surface area contributed by atoms with E-state index in [0.29, 0.717) is 16.9 Å². The summed E-state index contributed by atoms with van der Waals surface area (Å²) in [6.45, 7) is 5.45. The summed E-state index contributed by atoms with van der Waals surface area (Å²) in [6, 6.07) is 9.00. The molecule has 4 heteroatoms. The van der Waals surface area contributed by atoms with Gasteiger partial charge in [0.15, 0.2) is 5.78 Å². The Bertz CT molecular complexity index is 637. The summed E-state index contributed by atoms with van der Waals surface area (Å²) >= 11 is 0. The van der Waals surface area contributed by atoms with Gasteiger partial charge >= 0.3 is 0 Å². The van der Waals surface area contributed by atoms with Gasteiger partial charge in [0.2, 0.25) is 0 Å². The van der Waals surface area contributed by atoms with Gasteiger partial charge in [-0.1, -0.05) is 0 Å². The van der Waals surface area contributed by atoms with Gasteiger partial charge in [-0.2, -0.15) is 0 Å². The molecule has 110 valence electrons. The largest absolute Gasteiger partial charge is 0.507 e. The second-order valence-corrected chi connectivity index (χ2v) is 5.16. The van der Waals surface area contributed by atoms with E-state index >= 15 is 0 Å². The first kappa shape index (κ1) is 15.0. The molecule has 1 N–H and O–H groups in total. The summed E-state index contributed by atoms with van der Waals surface area (Å²) in [5.41, 5.74) is 0.546. The van der Waals surface area contributed by atoms with Crippen LogP contribution < -0.4 is 4.74 Å². The molecule has 0 aliphatic heterocycles. The van der Waals surface area contributed by atoms with Crippen molar-refractivity contribution in [2.24, 2.45) is 0 Å². The second-order valence-electron chi connectivity index (χ2n) is 5.16. The van der Waals surface area contributed by atoms with E-state index in [1.807, 2.05) is 13.8 Å². The molecule has 21 heavy (non-hydrogen) atoms. The van der Waals surface area contributed by atoms with Crippen LogP contribution in [0.4, 0.5) is 4.39 Å². The van der Waals surface area contributed by atoms with Gasteiger partial charge in [-0.15, -0.1) is 0 Å². The van der Waals surface area contributed by atoms with Crippen molar-refractivity contribution in [1.29, 1.82) is 0 Å². The van der Waals surface area contributed by atoms with Crippen LogP contribution in [0.15, 0.2) is 36.4 Å². The van der Waals surface area contributed by atoms with Crippen LogP contribution in [0.3, 0.4) is 0 Å². The molecule has 3 nitrogen and oxygen atoms in total. The van der Waals surface area contributed by atoms with Crippen molar-refractivity contribution in [2.45, 2.75) is 26.9 Å².